The molecule has 2 aromatic carbocycles. The molecule has 0 radical (unpaired) electrons. The minimum atomic E-state index is -0.256. The lowest BCUT2D eigenvalue weighted by Gasteiger charge is -2.25. The van der Waals surface area contributed by atoms with Crippen molar-refractivity contribution in [3.05, 3.63) is 63.9 Å². The molecule has 1 N–H and O–H groups in total. The van der Waals surface area contributed by atoms with Crippen LogP contribution in [0.5, 0.6) is 0 Å². The Morgan fingerprint density at radius 1 is 1.26 bits per heavy atom. The van der Waals surface area contributed by atoms with Crippen LogP contribution in [0.15, 0.2) is 46.9 Å². The molecule has 1 heterocycles. The van der Waals surface area contributed by atoms with Gasteiger partial charge in [0, 0.05) is 16.7 Å². The highest BCUT2D eigenvalue weighted by Gasteiger charge is 2.30. The average Bonchev–Trinajstić information content (AvgIpc) is 3.01. The fourth-order valence-electron chi connectivity index (χ4n) is 2.96. The first-order chi connectivity index (χ1) is 11.0. The molecule has 1 fully saturated rings. The third kappa shape index (κ3) is 3.55. The molecule has 2 aromatic rings. The Labute approximate surface area is 143 Å². The van der Waals surface area contributed by atoms with Crippen LogP contribution in [0.3, 0.4) is 0 Å². The molecule has 0 unspecified atom stereocenters. The van der Waals surface area contributed by atoms with Crippen molar-refractivity contribution in [1.82, 2.24) is 4.90 Å². The predicted molar refractivity (Wildman–Crippen MR) is 93.0 cm³/mol. The van der Waals surface area contributed by atoms with E-state index in [0.29, 0.717) is 6.54 Å². The number of urea groups is 1. The van der Waals surface area contributed by atoms with Crippen LogP contribution in [0.25, 0.3) is 0 Å². The molecule has 0 aromatic heterocycles. The highest BCUT2D eigenvalue weighted by atomic mass is 79.9. The van der Waals surface area contributed by atoms with Crippen LogP contribution in [0.2, 0.25) is 0 Å². The summed E-state index contributed by atoms with van der Waals surface area (Å²) in [6.45, 7) is 2.69. The van der Waals surface area contributed by atoms with Gasteiger partial charge in [-0.05, 0) is 61.2 Å². The maximum absolute atomic E-state index is 13.1. The molecule has 0 spiro atoms. The van der Waals surface area contributed by atoms with Crippen LogP contribution in [0.1, 0.15) is 30.0 Å². The summed E-state index contributed by atoms with van der Waals surface area (Å²) in [7, 11) is 0. The Balaban J connectivity index is 1.75. The largest absolute Gasteiger partial charge is 0.322 e. The van der Waals surface area contributed by atoms with Crippen LogP contribution in [0.4, 0.5) is 14.9 Å². The molecule has 3 rings (SSSR count). The van der Waals surface area contributed by atoms with Gasteiger partial charge in [-0.1, -0.05) is 28.1 Å². The fourth-order valence-corrected chi connectivity index (χ4v) is 3.21. The number of carbonyl (C=O) groups is 1. The summed E-state index contributed by atoms with van der Waals surface area (Å²) in [6, 6.07) is 12.0. The standard InChI is InChI=1S/C18H18BrFN2O/c1-12-11-15(8-9-16(12)19)21-18(23)22-10-2-3-17(22)13-4-6-14(20)7-5-13/h4-9,11,17H,2-3,10H2,1H3,(H,21,23)/t17-/m0/s1. The second-order valence-corrected chi connectivity index (χ2v) is 6.65. The minimum absolute atomic E-state index is 0.00662. The van der Waals surface area contributed by atoms with Crippen molar-refractivity contribution >= 4 is 27.6 Å². The van der Waals surface area contributed by atoms with Crippen molar-refractivity contribution in [2.45, 2.75) is 25.8 Å². The Hall–Kier alpha value is -1.88. The number of amides is 2. The van der Waals surface area contributed by atoms with Crippen LogP contribution >= 0.6 is 15.9 Å². The van der Waals surface area contributed by atoms with Gasteiger partial charge in [0.1, 0.15) is 5.82 Å². The van der Waals surface area contributed by atoms with Gasteiger partial charge >= 0.3 is 6.03 Å². The number of carbonyl (C=O) groups excluding carboxylic acids is 1. The van der Waals surface area contributed by atoms with Crippen LogP contribution in [-0.2, 0) is 0 Å². The summed E-state index contributed by atoms with van der Waals surface area (Å²) in [5.74, 6) is -0.256. The van der Waals surface area contributed by atoms with E-state index >= 15 is 0 Å². The van der Waals surface area contributed by atoms with Crippen LogP contribution < -0.4 is 5.32 Å². The third-order valence-electron chi connectivity index (χ3n) is 4.18. The number of rotatable bonds is 2. The van der Waals surface area contributed by atoms with E-state index in [9.17, 15) is 9.18 Å². The zero-order valence-electron chi connectivity index (χ0n) is 12.9. The zero-order valence-corrected chi connectivity index (χ0v) is 14.4. The molecule has 0 saturated carbocycles. The van der Waals surface area contributed by atoms with E-state index in [1.54, 1.807) is 12.1 Å². The fraction of sp³-hybridized carbons (Fsp3) is 0.278. The van der Waals surface area contributed by atoms with E-state index in [-0.39, 0.29) is 17.9 Å². The number of benzene rings is 2. The number of nitrogens with zero attached hydrogens (tertiary/aromatic N) is 1. The van der Waals surface area contributed by atoms with Crippen molar-refractivity contribution in [2.24, 2.45) is 0 Å². The number of hydrogen-bond donors (Lipinski definition) is 1. The topological polar surface area (TPSA) is 32.3 Å². The molecule has 1 aliphatic heterocycles. The van der Waals surface area contributed by atoms with E-state index in [4.69, 9.17) is 0 Å². The maximum Gasteiger partial charge on any atom is 0.322 e. The van der Waals surface area contributed by atoms with Crippen molar-refractivity contribution < 1.29 is 9.18 Å². The maximum atomic E-state index is 13.1. The van der Waals surface area contributed by atoms with Gasteiger partial charge in [0.25, 0.3) is 0 Å². The van der Waals surface area contributed by atoms with Gasteiger partial charge in [0.2, 0.25) is 0 Å². The van der Waals surface area contributed by atoms with Gasteiger partial charge in [-0.15, -0.1) is 0 Å². The van der Waals surface area contributed by atoms with Crippen molar-refractivity contribution in [3.8, 4) is 0 Å². The lowest BCUT2D eigenvalue weighted by molar-refractivity contribution is 0.207. The van der Waals surface area contributed by atoms with E-state index in [1.807, 2.05) is 30.0 Å². The summed E-state index contributed by atoms with van der Waals surface area (Å²) in [5, 5.41) is 2.96. The van der Waals surface area contributed by atoms with Crippen molar-refractivity contribution in [3.63, 3.8) is 0 Å². The van der Waals surface area contributed by atoms with Gasteiger partial charge in [0.05, 0.1) is 6.04 Å². The molecule has 5 heteroatoms. The average molecular weight is 377 g/mol. The Kier molecular flexibility index (Phi) is 4.66. The van der Waals surface area contributed by atoms with Gasteiger partial charge < -0.3 is 10.2 Å². The highest BCUT2D eigenvalue weighted by molar-refractivity contribution is 9.10. The molecular weight excluding hydrogens is 359 g/mol. The first-order valence-electron chi connectivity index (χ1n) is 7.64. The number of halogens is 2. The third-order valence-corrected chi connectivity index (χ3v) is 5.07. The first-order valence-corrected chi connectivity index (χ1v) is 8.43. The second kappa shape index (κ2) is 6.71. The quantitative estimate of drug-likeness (QED) is 0.760. The van der Waals surface area contributed by atoms with Gasteiger partial charge in [0.15, 0.2) is 0 Å². The molecule has 2 amide bonds. The van der Waals surface area contributed by atoms with E-state index in [0.717, 1.165) is 34.1 Å². The number of likely N-dealkylation sites (tertiary alicyclic amines) is 1. The number of hydrogen-bond acceptors (Lipinski definition) is 1. The summed E-state index contributed by atoms with van der Waals surface area (Å²) in [6.07, 6.45) is 1.85. The molecule has 0 aliphatic carbocycles. The SMILES string of the molecule is Cc1cc(NC(=O)N2CCC[C@H]2c2ccc(F)cc2)ccc1Br. The van der Waals surface area contributed by atoms with Gasteiger partial charge in [-0.25, -0.2) is 9.18 Å². The van der Waals surface area contributed by atoms with Crippen LogP contribution in [-0.4, -0.2) is 17.5 Å². The lowest BCUT2D eigenvalue weighted by Crippen LogP contribution is -2.34. The molecule has 120 valence electrons. The summed E-state index contributed by atoms with van der Waals surface area (Å²) >= 11 is 3.45. The molecule has 3 nitrogen and oxygen atoms in total. The lowest BCUT2D eigenvalue weighted by atomic mass is 10.0. The van der Waals surface area contributed by atoms with Crippen molar-refractivity contribution in [2.75, 3.05) is 11.9 Å². The smallest absolute Gasteiger partial charge is 0.317 e. The van der Waals surface area contributed by atoms with Crippen molar-refractivity contribution in [1.29, 1.82) is 0 Å². The molecule has 1 aliphatic rings. The van der Waals surface area contributed by atoms with E-state index < -0.39 is 0 Å². The molecule has 1 saturated heterocycles. The summed E-state index contributed by atoms with van der Waals surface area (Å²) in [4.78, 5) is 14.4. The number of anilines is 1. The van der Waals surface area contributed by atoms with Gasteiger partial charge in [-0.2, -0.15) is 0 Å². The normalized spacial score (nSPS) is 17.3. The second-order valence-electron chi connectivity index (χ2n) is 5.80. The van der Waals surface area contributed by atoms with E-state index in [2.05, 4.69) is 21.2 Å². The minimum Gasteiger partial charge on any atom is -0.317 e. The van der Waals surface area contributed by atoms with E-state index in [1.165, 1.54) is 12.1 Å². The monoisotopic (exact) mass is 376 g/mol. The first kappa shape index (κ1) is 16.0. The molecule has 23 heavy (non-hydrogen) atoms. The van der Waals surface area contributed by atoms with Gasteiger partial charge in [-0.3, -0.25) is 0 Å². The summed E-state index contributed by atoms with van der Waals surface area (Å²) < 4.78 is 14.1. The Bertz CT molecular complexity index is 717. The predicted octanol–water partition coefficient (Wildman–Crippen LogP) is 5.27. The molecule has 0 bridgehead atoms. The molecule has 1 atom stereocenters. The Morgan fingerprint density at radius 2 is 2.00 bits per heavy atom. The zero-order chi connectivity index (χ0) is 16.4. The summed E-state index contributed by atoms with van der Waals surface area (Å²) in [5.41, 5.74) is 2.82. The Morgan fingerprint density at radius 3 is 2.70 bits per heavy atom. The van der Waals surface area contributed by atoms with Crippen LogP contribution in [0, 0.1) is 12.7 Å². The number of aryl methyl sites for hydroxylation is 1. The molecular formula is C18H18BrFN2O. The highest BCUT2D eigenvalue weighted by Crippen LogP contribution is 2.32. The number of nitrogens with one attached hydrogen (secondary N) is 1.